The quantitative estimate of drug-likeness (QED) is 0.868. The molecule has 24 heavy (non-hydrogen) atoms. The number of anilines is 1. The molecule has 1 aromatic heterocycles. The van der Waals surface area contributed by atoms with Crippen LogP contribution >= 0.6 is 0 Å². The van der Waals surface area contributed by atoms with E-state index in [1.54, 1.807) is 11.1 Å². The fourth-order valence-electron chi connectivity index (χ4n) is 3.40. The zero-order chi connectivity index (χ0) is 16.5. The molecule has 3 heterocycles. The molecule has 1 saturated heterocycles. The number of hydrogen-bond acceptors (Lipinski definition) is 3. The van der Waals surface area contributed by atoms with Crippen molar-refractivity contribution in [2.75, 3.05) is 18.0 Å². The average molecular weight is 324 g/mol. The third kappa shape index (κ3) is 2.68. The summed E-state index contributed by atoms with van der Waals surface area (Å²) in [6, 6.07) is 9.46. The Bertz CT molecular complexity index is 760. The van der Waals surface area contributed by atoms with Gasteiger partial charge in [0, 0.05) is 31.1 Å². The highest BCUT2D eigenvalue weighted by Crippen LogP contribution is 2.23. The first-order chi connectivity index (χ1) is 11.7. The molecule has 2 aliphatic heterocycles. The van der Waals surface area contributed by atoms with Crippen LogP contribution in [0, 0.1) is 0 Å². The van der Waals surface area contributed by atoms with Crippen molar-refractivity contribution in [3.63, 3.8) is 0 Å². The van der Waals surface area contributed by atoms with Crippen molar-refractivity contribution in [3.05, 3.63) is 47.7 Å². The second-order valence-corrected chi connectivity index (χ2v) is 6.34. The van der Waals surface area contributed by atoms with Gasteiger partial charge in [-0.25, -0.2) is 4.68 Å². The molecule has 4 rings (SSSR count). The Balaban J connectivity index is 1.50. The van der Waals surface area contributed by atoms with Gasteiger partial charge in [-0.15, -0.1) is 0 Å². The van der Waals surface area contributed by atoms with Crippen molar-refractivity contribution in [2.45, 2.75) is 32.4 Å². The molecule has 2 amide bonds. The number of nitrogens with zero attached hydrogens (tertiary/aromatic N) is 4. The summed E-state index contributed by atoms with van der Waals surface area (Å²) in [5.74, 6) is 1.05. The van der Waals surface area contributed by atoms with Crippen LogP contribution in [0.4, 0.5) is 5.82 Å². The number of fused-ring (bicyclic) bond motifs is 1. The number of carbonyl (C=O) groups is 2. The van der Waals surface area contributed by atoms with Crippen molar-refractivity contribution >= 4 is 17.6 Å². The molecule has 2 aliphatic rings. The minimum absolute atomic E-state index is 0.103. The molecule has 6 heteroatoms. The Morgan fingerprint density at radius 2 is 1.79 bits per heavy atom. The van der Waals surface area contributed by atoms with Gasteiger partial charge in [0.1, 0.15) is 5.82 Å². The summed E-state index contributed by atoms with van der Waals surface area (Å²) in [6.45, 7) is 2.85. The van der Waals surface area contributed by atoms with Gasteiger partial charge in [-0.05, 0) is 30.5 Å². The van der Waals surface area contributed by atoms with Gasteiger partial charge in [-0.2, -0.15) is 5.10 Å². The highest BCUT2D eigenvalue weighted by atomic mass is 16.2. The van der Waals surface area contributed by atoms with Gasteiger partial charge in [-0.1, -0.05) is 12.1 Å². The molecule has 6 nitrogen and oxygen atoms in total. The lowest BCUT2D eigenvalue weighted by Gasteiger charge is -2.27. The summed E-state index contributed by atoms with van der Waals surface area (Å²) >= 11 is 0. The maximum atomic E-state index is 12.4. The van der Waals surface area contributed by atoms with E-state index in [1.807, 2.05) is 39.9 Å². The van der Waals surface area contributed by atoms with Gasteiger partial charge < -0.3 is 4.90 Å². The minimum atomic E-state index is 0.103. The normalized spacial score (nSPS) is 17.2. The first-order valence-corrected chi connectivity index (χ1v) is 8.43. The number of aryl methyl sites for hydroxylation is 1. The van der Waals surface area contributed by atoms with Crippen molar-refractivity contribution in [1.29, 1.82) is 0 Å². The van der Waals surface area contributed by atoms with Gasteiger partial charge in [0.25, 0.3) is 5.91 Å². The number of aromatic nitrogens is 2. The predicted molar refractivity (Wildman–Crippen MR) is 89.6 cm³/mol. The Morgan fingerprint density at radius 3 is 2.54 bits per heavy atom. The first kappa shape index (κ1) is 14.9. The molecule has 0 atom stereocenters. The van der Waals surface area contributed by atoms with Crippen molar-refractivity contribution < 1.29 is 9.59 Å². The number of rotatable bonds is 3. The van der Waals surface area contributed by atoms with E-state index in [2.05, 4.69) is 5.10 Å². The lowest BCUT2D eigenvalue weighted by molar-refractivity contribution is -0.119. The Labute approximate surface area is 140 Å². The minimum Gasteiger partial charge on any atom is -0.339 e. The van der Waals surface area contributed by atoms with E-state index in [1.165, 1.54) is 0 Å². The van der Waals surface area contributed by atoms with Gasteiger partial charge in [0.05, 0.1) is 19.3 Å². The van der Waals surface area contributed by atoms with Gasteiger partial charge in [-0.3, -0.25) is 14.5 Å². The third-order valence-corrected chi connectivity index (χ3v) is 4.74. The van der Waals surface area contributed by atoms with Crippen LogP contribution < -0.4 is 4.90 Å². The summed E-state index contributed by atoms with van der Waals surface area (Å²) in [7, 11) is 0. The Hall–Kier alpha value is -2.63. The van der Waals surface area contributed by atoms with Crippen LogP contribution in [-0.4, -0.2) is 39.6 Å². The van der Waals surface area contributed by atoms with E-state index >= 15 is 0 Å². The number of benzene rings is 1. The van der Waals surface area contributed by atoms with Crippen LogP contribution in [0.3, 0.4) is 0 Å². The van der Waals surface area contributed by atoms with Crippen molar-refractivity contribution in [2.24, 2.45) is 0 Å². The molecule has 0 bridgehead atoms. The molecule has 124 valence electrons. The molecule has 1 fully saturated rings. The highest BCUT2D eigenvalue weighted by Gasteiger charge is 2.25. The summed E-state index contributed by atoms with van der Waals surface area (Å²) in [5, 5.41) is 4.24. The second-order valence-electron chi connectivity index (χ2n) is 6.34. The lowest BCUT2D eigenvalue weighted by Crippen LogP contribution is -2.36. The maximum absolute atomic E-state index is 12.4. The molecule has 0 aliphatic carbocycles. The van der Waals surface area contributed by atoms with E-state index < -0.39 is 0 Å². The average Bonchev–Trinajstić information content (AvgIpc) is 3.28. The van der Waals surface area contributed by atoms with Gasteiger partial charge in [0.15, 0.2) is 0 Å². The van der Waals surface area contributed by atoms with Crippen LogP contribution in [0.25, 0.3) is 0 Å². The fourth-order valence-corrected chi connectivity index (χ4v) is 3.40. The van der Waals surface area contributed by atoms with Gasteiger partial charge in [0.2, 0.25) is 5.91 Å². The highest BCUT2D eigenvalue weighted by molar-refractivity contribution is 5.95. The lowest BCUT2D eigenvalue weighted by atomic mass is 10.1. The molecule has 0 saturated carbocycles. The summed E-state index contributed by atoms with van der Waals surface area (Å²) < 4.78 is 1.85. The topological polar surface area (TPSA) is 58.4 Å². The molecule has 0 spiro atoms. The predicted octanol–water partition coefficient (Wildman–Crippen LogP) is 2.06. The Kier molecular flexibility index (Phi) is 3.80. The number of carbonyl (C=O) groups excluding carboxylic acids is 2. The summed E-state index contributed by atoms with van der Waals surface area (Å²) in [6.07, 6.45) is 4.38. The van der Waals surface area contributed by atoms with Crippen molar-refractivity contribution in [1.82, 2.24) is 14.7 Å². The fraction of sp³-hybridized carbons (Fsp3) is 0.389. The van der Waals surface area contributed by atoms with E-state index in [0.29, 0.717) is 19.5 Å². The third-order valence-electron chi connectivity index (χ3n) is 4.74. The van der Waals surface area contributed by atoms with E-state index in [0.717, 1.165) is 42.9 Å². The number of hydrogen-bond donors (Lipinski definition) is 0. The molecule has 0 N–H and O–H groups in total. The maximum Gasteiger partial charge on any atom is 0.253 e. The van der Waals surface area contributed by atoms with Gasteiger partial charge >= 0.3 is 0 Å². The SMILES string of the molecule is O=C(c1ccc(CN2C(=O)CCn3nccc32)cc1)N1CCCC1. The largest absolute Gasteiger partial charge is 0.339 e. The van der Waals surface area contributed by atoms with Crippen molar-refractivity contribution in [3.8, 4) is 0 Å². The molecule has 2 aromatic rings. The molecule has 1 aromatic carbocycles. The van der Waals surface area contributed by atoms with E-state index in [-0.39, 0.29) is 11.8 Å². The summed E-state index contributed by atoms with van der Waals surface area (Å²) in [5.41, 5.74) is 1.73. The van der Waals surface area contributed by atoms with Crippen LogP contribution in [-0.2, 0) is 17.9 Å². The molecular weight excluding hydrogens is 304 g/mol. The second kappa shape index (κ2) is 6.11. The summed E-state index contributed by atoms with van der Waals surface area (Å²) in [4.78, 5) is 28.3. The molecule has 0 unspecified atom stereocenters. The van der Waals surface area contributed by atoms with Crippen LogP contribution in [0.2, 0.25) is 0 Å². The van der Waals surface area contributed by atoms with E-state index in [4.69, 9.17) is 0 Å². The number of amides is 2. The standard InChI is InChI=1S/C18H20N4O2/c23-17-8-12-22-16(7-9-19-22)21(17)13-14-3-5-15(6-4-14)18(24)20-10-1-2-11-20/h3-7,9H,1-2,8,10-13H2. The zero-order valence-corrected chi connectivity index (χ0v) is 13.5. The number of likely N-dealkylation sites (tertiary alicyclic amines) is 1. The molecule has 0 radical (unpaired) electrons. The smallest absolute Gasteiger partial charge is 0.253 e. The van der Waals surface area contributed by atoms with E-state index in [9.17, 15) is 9.59 Å². The monoisotopic (exact) mass is 324 g/mol. The van der Waals surface area contributed by atoms with Crippen LogP contribution in [0.15, 0.2) is 36.5 Å². The molecular formula is C18H20N4O2. The van der Waals surface area contributed by atoms with Crippen LogP contribution in [0.5, 0.6) is 0 Å². The van der Waals surface area contributed by atoms with Crippen LogP contribution in [0.1, 0.15) is 35.2 Å². The first-order valence-electron chi connectivity index (χ1n) is 8.43. The Morgan fingerprint density at radius 1 is 1.04 bits per heavy atom. The zero-order valence-electron chi connectivity index (χ0n) is 13.5.